The van der Waals surface area contributed by atoms with Gasteiger partial charge >= 0.3 is 6.03 Å². The van der Waals surface area contributed by atoms with E-state index in [-0.39, 0.29) is 11.6 Å². The minimum absolute atomic E-state index is 0.00234. The average molecular weight is 377 g/mol. The van der Waals surface area contributed by atoms with Gasteiger partial charge in [-0.3, -0.25) is 0 Å². The van der Waals surface area contributed by atoms with Crippen LogP contribution in [0.2, 0.25) is 0 Å². The van der Waals surface area contributed by atoms with E-state index < -0.39 is 0 Å². The van der Waals surface area contributed by atoms with Gasteiger partial charge in [-0.25, -0.2) is 4.79 Å². The molecule has 4 saturated carbocycles. The largest absolute Gasteiger partial charge is 0.332 e. The highest BCUT2D eigenvalue weighted by Crippen LogP contribution is 2.66. The number of hydrogen-bond acceptors (Lipinski definition) is 1. The summed E-state index contributed by atoms with van der Waals surface area (Å²) in [6.07, 6.45) is 7.46. The second-order valence-corrected chi connectivity index (χ2v) is 9.91. The number of halogens is 1. The lowest BCUT2D eigenvalue weighted by molar-refractivity contribution is -0.113. The Kier molecular flexibility index (Phi) is 3.36. The molecule has 124 valence electrons. The SMILES string of the molecule is CC12CC3CC(C)(C1)CC(NC(=O)Nc1ccc(Br)cc1)(C3)C2. The van der Waals surface area contributed by atoms with E-state index in [1.165, 1.54) is 19.3 Å². The Bertz CT molecular complexity index is 623. The molecule has 0 aliphatic heterocycles. The van der Waals surface area contributed by atoms with Gasteiger partial charge in [0.15, 0.2) is 0 Å². The van der Waals surface area contributed by atoms with Crippen LogP contribution in [0.15, 0.2) is 28.7 Å². The molecule has 2 N–H and O–H groups in total. The third-order valence-corrected chi connectivity index (χ3v) is 6.64. The van der Waals surface area contributed by atoms with E-state index in [0.29, 0.717) is 10.8 Å². The van der Waals surface area contributed by atoms with Crippen molar-refractivity contribution in [2.45, 2.75) is 57.9 Å². The van der Waals surface area contributed by atoms with Crippen molar-refractivity contribution in [1.29, 1.82) is 0 Å². The molecule has 0 heterocycles. The molecule has 4 aliphatic rings. The van der Waals surface area contributed by atoms with Crippen molar-refractivity contribution in [1.82, 2.24) is 5.32 Å². The van der Waals surface area contributed by atoms with Crippen molar-refractivity contribution in [3.8, 4) is 0 Å². The van der Waals surface area contributed by atoms with Crippen LogP contribution in [0, 0.1) is 16.7 Å². The molecule has 2 unspecified atom stereocenters. The first-order valence-corrected chi connectivity index (χ1v) is 9.41. The van der Waals surface area contributed by atoms with Crippen LogP contribution in [-0.2, 0) is 0 Å². The van der Waals surface area contributed by atoms with Crippen LogP contribution in [0.3, 0.4) is 0 Å². The third-order valence-electron chi connectivity index (χ3n) is 6.11. The Balaban J connectivity index is 1.49. The van der Waals surface area contributed by atoms with Gasteiger partial charge in [0.2, 0.25) is 0 Å². The van der Waals surface area contributed by atoms with Gasteiger partial charge in [0.05, 0.1) is 0 Å². The maximum absolute atomic E-state index is 12.6. The van der Waals surface area contributed by atoms with E-state index in [1.807, 2.05) is 24.3 Å². The predicted octanol–water partition coefficient (Wildman–Crippen LogP) is 5.32. The average Bonchev–Trinajstić information content (AvgIpc) is 2.36. The summed E-state index contributed by atoms with van der Waals surface area (Å²) < 4.78 is 1.02. The number of carbonyl (C=O) groups is 1. The first-order chi connectivity index (χ1) is 10.8. The Labute approximate surface area is 146 Å². The van der Waals surface area contributed by atoms with E-state index in [0.717, 1.165) is 35.3 Å². The molecule has 2 atom stereocenters. The second-order valence-electron chi connectivity index (χ2n) is 9.00. The lowest BCUT2D eigenvalue weighted by Crippen LogP contribution is -2.65. The van der Waals surface area contributed by atoms with Crippen LogP contribution in [-0.4, -0.2) is 11.6 Å². The first-order valence-electron chi connectivity index (χ1n) is 8.62. The molecule has 3 nitrogen and oxygen atoms in total. The van der Waals surface area contributed by atoms with E-state index in [4.69, 9.17) is 0 Å². The highest BCUT2D eigenvalue weighted by atomic mass is 79.9. The lowest BCUT2D eigenvalue weighted by atomic mass is 9.43. The van der Waals surface area contributed by atoms with Gasteiger partial charge in [-0.1, -0.05) is 29.8 Å². The Morgan fingerprint density at radius 3 is 2.22 bits per heavy atom. The van der Waals surface area contributed by atoms with Gasteiger partial charge in [0.1, 0.15) is 0 Å². The number of amides is 2. The number of hydrogen-bond donors (Lipinski definition) is 2. The van der Waals surface area contributed by atoms with Gasteiger partial charge in [0, 0.05) is 15.7 Å². The zero-order valence-corrected chi connectivity index (χ0v) is 15.5. The van der Waals surface area contributed by atoms with E-state index in [1.54, 1.807) is 0 Å². The molecule has 4 heteroatoms. The summed E-state index contributed by atoms with van der Waals surface area (Å²) >= 11 is 3.42. The maximum atomic E-state index is 12.6. The topological polar surface area (TPSA) is 41.1 Å². The van der Waals surface area contributed by atoms with Crippen molar-refractivity contribution >= 4 is 27.6 Å². The number of urea groups is 1. The summed E-state index contributed by atoms with van der Waals surface area (Å²) in [6.45, 7) is 4.86. The molecule has 0 saturated heterocycles. The number of rotatable bonds is 2. The number of benzene rings is 1. The monoisotopic (exact) mass is 376 g/mol. The predicted molar refractivity (Wildman–Crippen MR) is 96.4 cm³/mol. The van der Waals surface area contributed by atoms with Gasteiger partial charge < -0.3 is 10.6 Å². The summed E-state index contributed by atoms with van der Waals surface area (Å²) in [5.41, 5.74) is 1.67. The van der Waals surface area contributed by atoms with E-state index in [9.17, 15) is 4.79 Å². The van der Waals surface area contributed by atoms with Crippen molar-refractivity contribution < 1.29 is 4.79 Å². The summed E-state index contributed by atoms with van der Waals surface area (Å²) in [5.74, 6) is 0.786. The lowest BCUT2D eigenvalue weighted by Gasteiger charge is -2.65. The van der Waals surface area contributed by atoms with Crippen LogP contribution >= 0.6 is 15.9 Å². The molecule has 4 bridgehead atoms. The van der Waals surface area contributed by atoms with Crippen LogP contribution in [0.4, 0.5) is 10.5 Å². The standard InChI is InChI=1S/C19H25BrN2O/c1-17-7-13-8-18(2,10-17)12-19(9-13,11-17)22-16(23)21-15-5-3-14(20)4-6-15/h3-6,13H,7-12H2,1-2H3,(H2,21,22,23). The van der Waals surface area contributed by atoms with Gasteiger partial charge in [-0.2, -0.15) is 0 Å². The molecular formula is C19H25BrN2O. The summed E-state index contributed by atoms with van der Waals surface area (Å²) in [7, 11) is 0. The molecule has 23 heavy (non-hydrogen) atoms. The zero-order chi connectivity index (χ0) is 16.3. The van der Waals surface area contributed by atoms with Crippen molar-refractivity contribution in [2.75, 3.05) is 5.32 Å². The van der Waals surface area contributed by atoms with Crippen molar-refractivity contribution in [3.63, 3.8) is 0 Å². The van der Waals surface area contributed by atoms with Crippen LogP contribution < -0.4 is 10.6 Å². The van der Waals surface area contributed by atoms with Crippen LogP contribution in [0.1, 0.15) is 52.4 Å². The summed E-state index contributed by atoms with van der Waals surface area (Å²) in [4.78, 5) is 12.6. The van der Waals surface area contributed by atoms with Crippen molar-refractivity contribution in [2.24, 2.45) is 16.7 Å². The molecule has 5 rings (SSSR count). The number of anilines is 1. The smallest absolute Gasteiger partial charge is 0.319 e. The molecular weight excluding hydrogens is 352 g/mol. The molecule has 4 aliphatic carbocycles. The minimum atomic E-state index is -0.0542. The van der Waals surface area contributed by atoms with Crippen LogP contribution in [0.5, 0.6) is 0 Å². The first kappa shape index (κ1) is 15.5. The van der Waals surface area contributed by atoms with Gasteiger partial charge in [0.25, 0.3) is 0 Å². The molecule has 2 amide bonds. The molecule has 1 aromatic carbocycles. The molecule has 0 radical (unpaired) electrons. The fraction of sp³-hybridized carbons (Fsp3) is 0.632. The maximum Gasteiger partial charge on any atom is 0.319 e. The Hall–Kier alpha value is -1.03. The number of nitrogens with one attached hydrogen (secondary N) is 2. The minimum Gasteiger partial charge on any atom is -0.332 e. The quantitative estimate of drug-likeness (QED) is 0.720. The fourth-order valence-electron chi connectivity index (χ4n) is 6.52. The van der Waals surface area contributed by atoms with Gasteiger partial charge in [-0.05, 0) is 79.5 Å². The van der Waals surface area contributed by atoms with Crippen LogP contribution in [0.25, 0.3) is 0 Å². The second kappa shape index (κ2) is 4.98. The van der Waals surface area contributed by atoms with Gasteiger partial charge in [-0.15, -0.1) is 0 Å². The van der Waals surface area contributed by atoms with E-state index >= 15 is 0 Å². The van der Waals surface area contributed by atoms with E-state index in [2.05, 4.69) is 40.4 Å². The zero-order valence-electron chi connectivity index (χ0n) is 13.9. The number of carbonyl (C=O) groups excluding carboxylic acids is 1. The molecule has 0 spiro atoms. The Morgan fingerprint density at radius 2 is 1.65 bits per heavy atom. The molecule has 4 fully saturated rings. The fourth-order valence-corrected chi connectivity index (χ4v) is 6.79. The van der Waals surface area contributed by atoms with Crippen molar-refractivity contribution in [3.05, 3.63) is 28.7 Å². The third kappa shape index (κ3) is 2.90. The summed E-state index contributed by atoms with van der Waals surface area (Å²) in [6, 6.07) is 7.68. The normalized spacial score (nSPS) is 40.9. The molecule has 0 aromatic heterocycles. The molecule has 1 aromatic rings. The summed E-state index contributed by atoms with van der Waals surface area (Å²) in [5, 5.41) is 6.37. The highest BCUT2D eigenvalue weighted by Gasteiger charge is 2.60. The highest BCUT2D eigenvalue weighted by molar-refractivity contribution is 9.10. The Morgan fingerprint density at radius 1 is 1.04 bits per heavy atom.